The average molecular weight is 753 g/mol. The molecule has 0 spiro atoms. The van der Waals surface area contributed by atoms with Crippen LogP contribution in [-0.4, -0.2) is 4.57 Å². The van der Waals surface area contributed by atoms with Gasteiger partial charge in [-0.2, -0.15) is 0 Å². The molecule has 10 aromatic carbocycles. The number of hydrogen-bond donors (Lipinski definition) is 0. The fourth-order valence-corrected chi connectivity index (χ4v) is 9.30. The third kappa shape index (κ3) is 5.29. The van der Waals surface area contributed by atoms with Crippen LogP contribution in [0.5, 0.6) is 0 Å². The van der Waals surface area contributed by atoms with E-state index in [-0.39, 0.29) is 0 Å². The van der Waals surface area contributed by atoms with Crippen molar-refractivity contribution in [3.05, 3.63) is 218 Å². The number of fused-ring (bicyclic) bond motifs is 9. The van der Waals surface area contributed by atoms with Gasteiger partial charge in [0.25, 0.3) is 0 Å². The maximum absolute atomic E-state index is 6.93. The molecule has 0 aliphatic rings. The van der Waals surface area contributed by atoms with Crippen LogP contribution in [0.3, 0.4) is 0 Å². The van der Waals surface area contributed by atoms with Gasteiger partial charge in [0.15, 0.2) is 0 Å². The number of nitrogens with zero attached hydrogens (tertiary/aromatic N) is 2. The summed E-state index contributed by atoms with van der Waals surface area (Å²) < 4.78 is 9.32. The number of furan rings is 1. The molecule has 3 heteroatoms. The van der Waals surface area contributed by atoms with Gasteiger partial charge < -0.3 is 13.9 Å². The van der Waals surface area contributed by atoms with Crippen molar-refractivity contribution in [2.24, 2.45) is 0 Å². The summed E-state index contributed by atoms with van der Waals surface area (Å²) in [4.78, 5) is 2.40. The molecule has 0 fully saturated rings. The van der Waals surface area contributed by atoms with Crippen LogP contribution in [0.25, 0.3) is 93.2 Å². The van der Waals surface area contributed by atoms with Crippen molar-refractivity contribution >= 4 is 82.4 Å². The Labute approximate surface area is 341 Å². The zero-order valence-corrected chi connectivity index (χ0v) is 32.1. The van der Waals surface area contributed by atoms with E-state index in [1.165, 1.54) is 49.1 Å². The molecule has 0 amide bonds. The molecule has 12 aromatic rings. The molecular weight excluding hydrogens is 717 g/mol. The smallest absolute Gasteiger partial charge is 0.143 e. The van der Waals surface area contributed by atoms with Gasteiger partial charge in [-0.05, 0) is 81.9 Å². The summed E-state index contributed by atoms with van der Waals surface area (Å²) >= 11 is 0. The molecule has 0 unspecified atom stereocenters. The number of benzene rings is 10. The van der Waals surface area contributed by atoms with E-state index in [1.54, 1.807) is 0 Å². The molecule has 0 N–H and O–H groups in total. The van der Waals surface area contributed by atoms with Crippen LogP contribution in [0.1, 0.15) is 0 Å². The molecule has 0 saturated carbocycles. The molecule has 2 heterocycles. The minimum absolute atomic E-state index is 0.886. The van der Waals surface area contributed by atoms with Gasteiger partial charge in [0, 0.05) is 55.1 Å². The number of aromatic nitrogens is 1. The Morgan fingerprint density at radius 3 is 1.69 bits per heavy atom. The van der Waals surface area contributed by atoms with E-state index in [4.69, 9.17) is 4.42 Å². The largest absolute Gasteiger partial charge is 0.455 e. The second kappa shape index (κ2) is 13.4. The first-order valence-electron chi connectivity index (χ1n) is 20.2. The van der Waals surface area contributed by atoms with Crippen LogP contribution in [0.15, 0.2) is 223 Å². The van der Waals surface area contributed by atoms with Gasteiger partial charge in [-0.25, -0.2) is 0 Å². The quantitative estimate of drug-likeness (QED) is 0.169. The van der Waals surface area contributed by atoms with Crippen molar-refractivity contribution in [2.75, 3.05) is 4.90 Å². The number of anilines is 3. The molecule has 0 radical (unpaired) electrons. The number of rotatable bonds is 6. The Morgan fingerprint density at radius 2 is 0.898 bits per heavy atom. The SMILES string of the molecule is c1cc(N(c2ccc(-c3cccc4ccccc34)cc2)c2ccccc2-c2cccc3c2oc2c4ccccc4ccc32)cc(-n2c3ccccc3c3ccccc32)c1. The van der Waals surface area contributed by atoms with Crippen LogP contribution in [0.2, 0.25) is 0 Å². The van der Waals surface area contributed by atoms with Gasteiger partial charge in [-0.1, -0.05) is 164 Å². The van der Waals surface area contributed by atoms with Gasteiger partial charge in [0.1, 0.15) is 11.2 Å². The zero-order valence-electron chi connectivity index (χ0n) is 32.1. The minimum atomic E-state index is 0.886. The Balaban J connectivity index is 1.08. The standard InChI is InChI=1S/C56H36N2O/c1-3-19-43-37(14-1)16-11-24-44(43)39-30-33-40(34-31-39)57(41-17-12-18-42(36-41)58-53-28-9-5-21-46(53)47-22-6-10-29-54(47)58)52-27-8-7-23-48(52)49-25-13-26-50-51-35-32-38-15-2-4-20-45(38)55(51)59-56(49)50/h1-36H. The first kappa shape index (κ1) is 33.3. The van der Waals surface area contributed by atoms with Crippen molar-refractivity contribution in [3.63, 3.8) is 0 Å². The highest BCUT2D eigenvalue weighted by atomic mass is 16.3. The van der Waals surface area contributed by atoms with Gasteiger partial charge in [0.2, 0.25) is 0 Å². The summed E-state index contributed by atoms with van der Waals surface area (Å²) in [7, 11) is 0. The van der Waals surface area contributed by atoms with E-state index in [0.717, 1.165) is 61.2 Å². The molecule has 276 valence electrons. The summed E-state index contributed by atoms with van der Waals surface area (Å²) in [6, 6.07) is 78.7. The molecule has 0 aliphatic heterocycles. The highest BCUT2D eigenvalue weighted by molar-refractivity contribution is 6.18. The van der Waals surface area contributed by atoms with Crippen LogP contribution >= 0.6 is 0 Å². The third-order valence-corrected chi connectivity index (χ3v) is 12.0. The van der Waals surface area contributed by atoms with Crippen LogP contribution in [0, 0.1) is 0 Å². The fourth-order valence-electron chi connectivity index (χ4n) is 9.30. The van der Waals surface area contributed by atoms with Crippen molar-refractivity contribution in [2.45, 2.75) is 0 Å². The van der Waals surface area contributed by atoms with E-state index >= 15 is 0 Å². The van der Waals surface area contributed by atoms with Gasteiger partial charge in [-0.3, -0.25) is 0 Å². The maximum atomic E-state index is 6.93. The van der Waals surface area contributed by atoms with Gasteiger partial charge in [0.05, 0.1) is 16.7 Å². The fraction of sp³-hybridized carbons (Fsp3) is 0. The Kier molecular flexibility index (Phi) is 7.54. The van der Waals surface area contributed by atoms with E-state index < -0.39 is 0 Å². The molecule has 3 nitrogen and oxygen atoms in total. The Morgan fingerprint density at radius 1 is 0.339 bits per heavy atom. The minimum Gasteiger partial charge on any atom is -0.455 e. The topological polar surface area (TPSA) is 21.3 Å². The van der Waals surface area contributed by atoms with Crippen LogP contribution < -0.4 is 4.90 Å². The predicted octanol–water partition coefficient (Wildman–Crippen LogP) is 15.8. The second-order valence-electron chi connectivity index (χ2n) is 15.3. The summed E-state index contributed by atoms with van der Waals surface area (Å²) in [6.45, 7) is 0. The highest BCUT2D eigenvalue weighted by Gasteiger charge is 2.22. The number of para-hydroxylation sites is 4. The van der Waals surface area contributed by atoms with Crippen LogP contribution in [0.4, 0.5) is 17.1 Å². The molecular formula is C56H36N2O. The van der Waals surface area contributed by atoms with E-state index in [2.05, 4.69) is 228 Å². The highest BCUT2D eigenvalue weighted by Crippen LogP contribution is 2.46. The van der Waals surface area contributed by atoms with Crippen molar-refractivity contribution in [3.8, 4) is 27.9 Å². The lowest BCUT2D eigenvalue weighted by atomic mass is 9.97. The predicted molar refractivity (Wildman–Crippen MR) is 249 cm³/mol. The lowest BCUT2D eigenvalue weighted by Crippen LogP contribution is -2.12. The Bertz CT molecular complexity index is 3510. The molecule has 0 atom stereocenters. The molecule has 2 aromatic heterocycles. The van der Waals surface area contributed by atoms with Gasteiger partial charge in [-0.15, -0.1) is 0 Å². The normalized spacial score (nSPS) is 11.7. The second-order valence-corrected chi connectivity index (χ2v) is 15.3. The van der Waals surface area contributed by atoms with E-state index in [0.29, 0.717) is 0 Å². The first-order valence-corrected chi connectivity index (χ1v) is 20.2. The lowest BCUT2D eigenvalue weighted by Gasteiger charge is -2.28. The van der Waals surface area contributed by atoms with Gasteiger partial charge >= 0.3 is 0 Å². The molecule has 0 aliphatic carbocycles. The number of hydrogen-bond acceptors (Lipinski definition) is 2. The van der Waals surface area contributed by atoms with E-state index in [9.17, 15) is 0 Å². The third-order valence-electron chi connectivity index (χ3n) is 12.0. The zero-order chi connectivity index (χ0) is 38.9. The summed E-state index contributed by atoms with van der Waals surface area (Å²) in [5.41, 5.74) is 13.0. The van der Waals surface area contributed by atoms with Crippen molar-refractivity contribution in [1.82, 2.24) is 4.57 Å². The monoisotopic (exact) mass is 752 g/mol. The summed E-state index contributed by atoms with van der Waals surface area (Å²) in [6.07, 6.45) is 0. The summed E-state index contributed by atoms with van der Waals surface area (Å²) in [5.74, 6) is 0. The van der Waals surface area contributed by atoms with Crippen LogP contribution in [-0.2, 0) is 0 Å². The lowest BCUT2D eigenvalue weighted by molar-refractivity contribution is 0.674. The van der Waals surface area contributed by atoms with Crippen molar-refractivity contribution < 1.29 is 4.42 Å². The van der Waals surface area contributed by atoms with Crippen molar-refractivity contribution in [1.29, 1.82) is 0 Å². The summed E-state index contributed by atoms with van der Waals surface area (Å²) in [5, 5.41) is 9.49. The maximum Gasteiger partial charge on any atom is 0.143 e. The molecule has 59 heavy (non-hydrogen) atoms. The first-order chi connectivity index (χ1) is 29.3. The molecule has 12 rings (SSSR count). The molecule has 0 bridgehead atoms. The van der Waals surface area contributed by atoms with E-state index in [1.807, 2.05) is 0 Å². The Hall–Kier alpha value is -7.88. The average Bonchev–Trinajstić information content (AvgIpc) is 3.86. The molecule has 0 saturated heterocycles.